The molecule has 8 heteroatoms. The average Bonchev–Trinajstić information content (AvgIpc) is 2.84. The molecular weight excluding hydrogens is 320 g/mol. The highest BCUT2D eigenvalue weighted by Gasteiger charge is 2.37. The molecule has 2 atom stereocenters. The molecule has 2 aliphatic rings. The van der Waals surface area contributed by atoms with E-state index in [-0.39, 0.29) is 30.0 Å². The molecular formula is C15H21ClN4O3. The normalized spacial score (nSPS) is 25.6. The van der Waals surface area contributed by atoms with Crippen molar-refractivity contribution in [2.75, 3.05) is 7.05 Å². The molecule has 3 heterocycles. The van der Waals surface area contributed by atoms with Gasteiger partial charge in [-0.05, 0) is 32.6 Å². The first-order valence-corrected chi connectivity index (χ1v) is 7.60. The quantitative estimate of drug-likeness (QED) is 0.672. The number of fused-ring (bicyclic) bond motifs is 2. The molecule has 2 aliphatic heterocycles. The van der Waals surface area contributed by atoms with E-state index in [0.717, 1.165) is 12.8 Å². The van der Waals surface area contributed by atoms with Crippen LogP contribution in [-0.4, -0.2) is 45.9 Å². The van der Waals surface area contributed by atoms with E-state index in [2.05, 4.69) is 10.3 Å². The van der Waals surface area contributed by atoms with Crippen LogP contribution in [0.1, 0.15) is 41.7 Å². The van der Waals surface area contributed by atoms with Crippen molar-refractivity contribution in [2.24, 2.45) is 0 Å². The Hall–Kier alpha value is -1.73. The number of pyridine rings is 1. The molecule has 1 amide bonds. The minimum absolute atomic E-state index is 0. The largest absolute Gasteiger partial charge is 0.339 e. The Labute approximate surface area is 141 Å². The van der Waals surface area contributed by atoms with Crippen molar-refractivity contribution in [1.29, 1.82) is 0 Å². The number of nitrogens with one attached hydrogen (secondary N) is 1. The van der Waals surface area contributed by atoms with Gasteiger partial charge >= 0.3 is 0 Å². The first-order chi connectivity index (χ1) is 10.5. The van der Waals surface area contributed by atoms with Crippen LogP contribution in [0.25, 0.3) is 0 Å². The summed E-state index contributed by atoms with van der Waals surface area (Å²) in [7, 11) is 1.79. The van der Waals surface area contributed by atoms with E-state index in [1.54, 1.807) is 18.9 Å². The Balaban J connectivity index is 0.00000192. The molecule has 2 unspecified atom stereocenters. The molecule has 3 rings (SSSR count). The van der Waals surface area contributed by atoms with E-state index < -0.39 is 4.92 Å². The highest BCUT2D eigenvalue weighted by Crippen LogP contribution is 2.30. The fourth-order valence-corrected chi connectivity index (χ4v) is 3.54. The Morgan fingerprint density at radius 3 is 2.57 bits per heavy atom. The van der Waals surface area contributed by atoms with Gasteiger partial charge in [0.05, 0.1) is 16.2 Å². The van der Waals surface area contributed by atoms with Crippen molar-refractivity contribution in [3.63, 3.8) is 0 Å². The van der Waals surface area contributed by atoms with Gasteiger partial charge < -0.3 is 10.2 Å². The van der Waals surface area contributed by atoms with Crippen molar-refractivity contribution >= 4 is 24.0 Å². The van der Waals surface area contributed by atoms with Gasteiger partial charge in [0.2, 0.25) is 0 Å². The van der Waals surface area contributed by atoms with Gasteiger partial charge in [-0.3, -0.25) is 19.9 Å². The third-order valence-electron chi connectivity index (χ3n) is 4.83. The molecule has 0 aromatic carbocycles. The van der Waals surface area contributed by atoms with Gasteiger partial charge in [-0.25, -0.2) is 0 Å². The fourth-order valence-electron chi connectivity index (χ4n) is 3.54. The van der Waals surface area contributed by atoms with E-state index in [4.69, 9.17) is 0 Å². The zero-order valence-corrected chi connectivity index (χ0v) is 14.0. The zero-order valence-electron chi connectivity index (χ0n) is 13.2. The minimum Gasteiger partial charge on any atom is -0.339 e. The molecule has 0 aliphatic carbocycles. The van der Waals surface area contributed by atoms with Gasteiger partial charge in [-0.15, -0.1) is 12.4 Å². The number of piperidine rings is 1. The molecule has 2 bridgehead atoms. The highest BCUT2D eigenvalue weighted by atomic mass is 35.5. The van der Waals surface area contributed by atoms with E-state index >= 15 is 0 Å². The second-order valence-corrected chi connectivity index (χ2v) is 6.26. The number of hydrogen-bond acceptors (Lipinski definition) is 5. The van der Waals surface area contributed by atoms with Crippen LogP contribution in [0.3, 0.4) is 0 Å². The van der Waals surface area contributed by atoms with E-state index in [9.17, 15) is 14.9 Å². The SMILES string of the molecule is Cc1ncc([N+](=O)[O-])cc1C(=O)N(C)C1CC2CCC(C1)N2.Cl. The summed E-state index contributed by atoms with van der Waals surface area (Å²) >= 11 is 0. The molecule has 7 nitrogen and oxygen atoms in total. The highest BCUT2D eigenvalue weighted by molar-refractivity contribution is 5.95. The summed E-state index contributed by atoms with van der Waals surface area (Å²) in [5, 5.41) is 14.4. The standard InChI is InChI=1S/C15H20N4O3.ClH/c1-9-14(7-13(8-16-9)19(21)22)15(20)18(2)12-5-10-3-4-11(6-12)17-10;/h7-8,10-12,17H,3-6H2,1-2H3;1H. The smallest absolute Gasteiger partial charge is 0.288 e. The number of carbonyl (C=O) groups excluding carboxylic acids is 1. The Morgan fingerprint density at radius 2 is 2.00 bits per heavy atom. The van der Waals surface area contributed by atoms with Crippen LogP contribution < -0.4 is 5.32 Å². The summed E-state index contributed by atoms with van der Waals surface area (Å²) < 4.78 is 0. The Bertz CT molecular complexity index is 613. The Kier molecular flexibility index (Phi) is 5.21. The van der Waals surface area contributed by atoms with Gasteiger partial charge in [0.15, 0.2) is 0 Å². The maximum Gasteiger partial charge on any atom is 0.288 e. The van der Waals surface area contributed by atoms with Crippen LogP contribution >= 0.6 is 12.4 Å². The maximum atomic E-state index is 12.7. The number of aryl methyl sites for hydroxylation is 1. The maximum absolute atomic E-state index is 12.7. The molecule has 1 aromatic rings. The van der Waals surface area contributed by atoms with E-state index in [1.807, 2.05) is 0 Å². The number of aromatic nitrogens is 1. The van der Waals surface area contributed by atoms with Crippen molar-refractivity contribution in [3.8, 4) is 0 Å². The first-order valence-electron chi connectivity index (χ1n) is 7.60. The molecule has 1 N–H and O–H groups in total. The third kappa shape index (κ3) is 3.45. The van der Waals surface area contributed by atoms with Crippen LogP contribution in [0.2, 0.25) is 0 Å². The number of halogens is 1. The van der Waals surface area contributed by atoms with Crippen LogP contribution in [0, 0.1) is 17.0 Å². The first kappa shape index (κ1) is 17.6. The lowest BCUT2D eigenvalue weighted by atomic mass is 9.97. The van der Waals surface area contributed by atoms with Crippen LogP contribution in [0.5, 0.6) is 0 Å². The van der Waals surface area contributed by atoms with Crippen molar-refractivity contribution in [1.82, 2.24) is 15.2 Å². The van der Waals surface area contributed by atoms with Crippen molar-refractivity contribution in [3.05, 3.63) is 33.6 Å². The molecule has 1 aromatic heterocycles. The number of amides is 1. The predicted octanol–water partition coefficient (Wildman–Crippen LogP) is 2.08. The van der Waals surface area contributed by atoms with Gasteiger partial charge in [0.1, 0.15) is 6.20 Å². The fraction of sp³-hybridized carbons (Fsp3) is 0.600. The summed E-state index contributed by atoms with van der Waals surface area (Å²) in [5.74, 6) is -0.181. The summed E-state index contributed by atoms with van der Waals surface area (Å²) in [6.45, 7) is 1.71. The third-order valence-corrected chi connectivity index (χ3v) is 4.83. The van der Waals surface area contributed by atoms with Crippen molar-refractivity contribution < 1.29 is 9.72 Å². The predicted molar refractivity (Wildman–Crippen MR) is 87.9 cm³/mol. The number of carbonyl (C=O) groups is 1. The summed E-state index contributed by atoms with van der Waals surface area (Å²) in [6, 6.07) is 2.49. The lowest BCUT2D eigenvalue weighted by Crippen LogP contribution is -2.48. The van der Waals surface area contributed by atoms with Crippen LogP contribution in [-0.2, 0) is 0 Å². The molecule has 126 valence electrons. The summed E-state index contributed by atoms with van der Waals surface area (Å²) in [5.41, 5.74) is 0.703. The lowest BCUT2D eigenvalue weighted by Gasteiger charge is -2.35. The number of hydrogen-bond donors (Lipinski definition) is 1. The molecule has 0 spiro atoms. The molecule has 2 saturated heterocycles. The van der Waals surface area contributed by atoms with Gasteiger partial charge in [0.25, 0.3) is 11.6 Å². The average molecular weight is 341 g/mol. The molecule has 0 saturated carbocycles. The second kappa shape index (κ2) is 6.80. The molecule has 0 radical (unpaired) electrons. The van der Waals surface area contributed by atoms with Crippen LogP contribution in [0.4, 0.5) is 5.69 Å². The monoisotopic (exact) mass is 340 g/mol. The van der Waals surface area contributed by atoms with Gasteiger partial charge in [0, 0.05) is 31.2 Å². The second-order valence-electron chi connectivity index (χ2n) is 6.26. The summed E-state index contributed by atoms with van der Waals surface area (Å²) in [6.07, 6.45) is 5.42. The summed E-state index contributed by atoms with van der Waals surface area (Å²) in [4.78, 5) is 28.8. The van der Waals surface area contributed by atoms with Crippen LogP contribution in [0.15, 0.2) is 12.3 Å². The van der Waals surface area contributed by atoms with Gasteiger partial charge in [-0.2, -0.15) is 0 Å². The number of nitrogens with zero attached hydrogens (tertiary/aromatic N) is 3. The Morgan fingerprint density at radius 1 is 1.39 bits per heavy atom. The molecule has 23 heavy (non-hydrogen) atoms. The topological polar surface area (TPSA) is 88.4 Å². The lowest BCUT2D eigenvalue weighted by molar-refractivity contribution is -0.385. The van der Waals surface area contributed by atoms with E-state index in [0.29, 0.717) is 23.3 Å². The molecule has 2 fully saturated rings. The van der Waals surface area contributed by atoms with Gasteiger partial charge in [-0.1, -0.05) is 0 Å². The van der Waals surface area contributed by atoms with E-state index in [1.165, 1.54) is 25.1 Å². The number of rotatable bonds is 3. The minimum atomic E-state index is -0.520. The zero-order chi connectivity index (χ0) is 15.9. The van der Waals surface area contributed by atoms with Crippen molar-refractivity contribution in [2.45, 2.75) is 50.7 Å². The number of nitro groups is 1.